The summed E-state index contributed by atoms with van der Waals surface area (Å²) < 4.78 is 14.8. The van der Waals surface area contributed by atoms with E-state index in [2.05, 4.69) is 11.8 Å². The number of ether oxygens (including phenoxy) is 2. The number of unbranched alkanes of at least 4 members (excludes halogenated alkanes) is 1. The Kier molecular flexibility index (Phi) is 4.90. The van der Waals surface area contributed by atoms with Gasteiger partial charge in [0.2, 0.25) is 5.76 Å². The van der Waals surface area contributed by atoms with Crippen molar-refractivity contribution in [2.45, 2.75) is 26.4 Å². The van der Waals surface area contributed by atoms with Crippen LogP contribution >= 0.6 is 0 Å². The minimum absolute atomic E-state index is 0.207. The zero-order chi connectivity index (χ0) is 11.1. The molecule has 0 aliphatic carbocycles. The van der Waals surface area contributed by atoms with Gasteiger partial charge in [0.05, 0.1) is 13.7 Å². The zero-order valence-corrected chi connectivity index (χ0v) is 8.82. The molecule has 0 atom stereocenters. The second kappa shape index (κ2) is 6.24. The summed E-state index contributed by atoms with van der Waals surface area (Å²) in [6.07, 6.45) is 1.85. The average Bonchev–Trinajstić information content (AvgIpc) is 2.67. The minimum atomic E-state index is -0.432. The number of furan rings is 1. The smallest absolute Gasteiger partial charge is 0.374 e. The molecule has 0 aliphatic heterocycles. The minimum Gasteiger partial charge on any atom is -0.460 e. The van der Waals surface area contributed by atoms with Crippen LogP contribution in [0.4, 0.5) is 0 Å². The summed E-state index contributed by atoms with van der Waals surface area (Å²) in [5, 5.41) is 0. The number of rotatable bonds is 6. The van der Waals surface area contributed by atoms with Crippen molar-refractivity contribution in [3.05, 3.63) is 30.8 Å². The van der Waals surface area contributed by atoms with Crippen molar-refractivity contribution in [1.82, 2.24) is 0 Å². The van der Waals surface area contributed by atoms with Gasteiger partial charge in [-0.1, -0.05) is 13.3 Å². The average molecular weight is 211 g/mol. The maximum absolute atomic E-state index is 11.4. The van der Waals surface area contributed by atoms with E-state index in [9.17, 15) is 4.79 Å². The van der Waals surface area contributed by atoms with Crippen LogP contribution in [0.2, 0.25) is 0 Å². The Labute approximate surface area is 89.2 Å². The Morgan fingerprint density at radius 2 is 2.33 bits per heavy atom. The van der Waals surface area contributed by atoms with Gasteiger partial charge in [-0.15, -0.1) is 0 Å². The number of carbonyl (C=O) groups excluding carboxylic acids is 1. The molecule has 0 saturated carbocycles. The lowest BCUT2D eigenvalue weighted by Crippen LogP contribution is -2.04. The second-order valence-electron chi connectivity index (χ2n) is 3.10. The van der Waals surface area contributed by atoms with Gasteiger partial charge in [-0.05, 0) is 18.6 Å². The Balaban J connectivity index is 2.43. The standard InChI is InChI=1S/C11H15O4/c1-3-4-7-14-11(12)10-6-5-9(15-10)8-13-2/h5-6H,2-4,7-8H2,1H3. The Morgan fingerprint density at radius 1 is 1.53 bits per heavy atom. The first-order chi connectivity index (χ1) is 7.27. The number of carbonyl (C=O) groups is 1. The van der Waals surface area contributed by atoms with E-state index in [1.165, 1.54) is 0 Å². The van der Waals surface area contributed by atoms with Gasteiger partial charge in [-0.2, -0.15) is 0 Å². The molecular weight excluding hydrogens is 196 g/mol. The van der Waals surface area contributed by atoms with E-state index in [0.29, 0.717) is 12.4 Å². The molecule has 83 valence electrons. The maximum atomic E-state index is 11.4. The molecule has 0 spiro atoms. The highest BCUT2D eigenvalue weighted by atomic mass is 16.5. The summed E-state index contributed by atoms with van der Waals surface area (Å²) >= 11 is 0. The first kappa shape index (κ1) is 11.8. The van der Waals surface area contributed by atoms with Crippen LogP contribution in [0.15, 0.2) is 16.5 Å². The van der Waals surface area contributed by atoms with Crippen LogP contribution in [0.25, 0.3) is 0 Å². The summed E-state index contributed by atoms with van der Waals surface area (Å²) in [6, 6.07) is 3.24. The first-order valence-corrected chi connectivity index (χ1v) is 4.90. The Bertz CT molecular complexity index is 303. The van der Waals surface area contributed by atoms with Gasteiger partial charge in [-0.25, -0.2) is 4.79 Å². The highest BCUT2D eigenvalue weighted by Gasteiger charge is 2.11. The summed E-state index contributed by atoms with van der Waals surface area (Å²) in [5.74, 6) is 0.337. The molecule has 4 heteroatoms. The van der Waals surface area contributed by atoms with Gasteiger partial charge in [0, 0.05) is 0 Å². The van der Waals surface area contributed by atoms with Crippen LogP contribution in [0.3, 0.4) is 0 Å². The molecule has 0 aliphatic rings. The van der Waals surface area contributed by atoms with E-state index >= 15 is 0 Å². The molecule has 1 aromatic heterocycles. The largest absolute Gasteiger partial charge is 0.460 e. The van der Waals surface area contributed by atoms with Crippen LogP contribution < -0.4 is 0 Å². The number of hydrogen-bond donors (Lipinski definition) is 0. The number of esters is 1. The third kappa shape index (κ3) is 3.75. The molecule has 0 aromatic carbocycles. The van der Waals surface area contributed by atoms with E-state index in [1.54, 1.807) is 12.1 Å². The van der Waals surface area contributed by atoms with Gasteiger partial charge < -0.3 is 13.9 Å². The third-order valence-electron chi connectivity index (χ3n) is 1.84. The van der Waals surface area contributed by atoms with Gasteiger partial charge in [0.15, 0.2) is 0 Å². The molecule has 0 unspecified atom stereocenters. The number of hydrogen-bond acceptors (Lipinski definition) is 4. The molecule has 1 aromatic rings. The molecule has 0 N–H and O–H groups in total. The fraction of sp³-hybridized carbons (Fsp3) is 0.455. The predicted molar refractivity (Wildman–Crippen MR) is 54.0 cm³/mol. The van der Waals surface area contributed by atoms with Crippen LogP contribution in [-0.2, 0) is 16.1 Å². The lowest BCUT2D eigenvalue weighted by atomic mass is 10.4. The van der Waals surface area contributed by atoms with Crippen LogP contribution in [0.5, 0.6) is 0 Å². The van der Waals surface area contributed by atoms with Crippen molar-refractivity contribution in [2.24, 2.45) is 0 Å². The van der Waals surface area contributed by atoms with Gasteiger partial charge in [-0.3, -0.25) is 0 Å². The Morgan fingerprint density at radius 3 is 3.00 bits per heavy atom. The quantitative estimate of drug-likeness (QED) is 0.536. The lowest BCUT2D eigenvalue weighted by Gasteiger charge is -2.00. The second-order valence-corrected chi connectivity index (χ2v) is 3.10. The van der Waals surface area contributed by atoms with Crippen LogP contribution in [-0.4, -0.2) is 12.6 Å². The molecule has 0 amide bonds. The molecule has 0 saturated heterocycles. The molecular formula is C11H15O4. The van der Waals surface area contributed by atoms with E-state index in [4.69, 9.17) is 9.15 Å². The summed E-state index contributed by atoms with van der Waals surface area (Å²) in [6.45, 7) is 2.71. The predicted octanol–water partition coefficient (Wildman–Crippen LogP) is 2.54. The Hall–Kier alpha value is -1.29. The van der Waals surface area contributed by atoms with Crippen LogP contribution in [0, 0.1) is 7.11 Å². The van der Waals surface area contributed by atoms with Crippen molar-refractivity contribution in [1.29, 1.82) is 0 Å². The normalized spacial score (nSPS) is 10.3. The van der Waals surface area contributed by atoms with Crippen molar-refractivity contribution < 1.29 is 18.7 Å². The summed E-state index contributed by atoms with van der Waals surface area (Å²) in [5.41, 5.74) is 0. The summed E-state index contributed by atoms with van der Waals surface area (Å²) in [7, 11) is 3.22. The van der Waals surface area contributed by atoms with E-state index in [-0.39, 0.29) is 12.4 Å². The molecule has 0 bridgehead atoms. The van der Waals surface area contributed by atoms with Crippen molar-refractivity contribution >= 4 is 5.97 Å². The molecule has 1 rings (SSSR count). The zero-order valence-electron chi connectivity index (χ0n) is 8.82. The first-order valence-electron chi connectivity index (χ1n) is 4.90. The van der Waals surface area contributed by atoms with E-state index < -0.39 is 5.97 Å². The van der Waals surface area contributed by atoms with Gasteiger partial charge in [0.1, 0.15) is 12.4 Å². The molecule has 1 heterocycles. The van der Waals surface area contributed by atoms with E-state index in [0.717, 1.165) is 12.8 Å². The van der Waals surface area contributed by atoms with Gasteiger partial charge in [0.25, 0.3) is 0 Å². The molecule has 15 heavy (non-hydrogen) atoms. The van der Waals surface area contributed by atoms with Crippen molar-refractivity contribution in [3.8, 4) is 0 Å². The SMILES string of the molecule is [CH2]OCc1ccc(C(=O)OCCCC)o1. The molecule has 0 fully saturated rings. The van der Waals surface area contributed by atoms with Crippen molar-refractivity contribution in [2.75, 3.05) is 6.61 Å². The van der Waals surface area contributed by atoms with Crippen LogP contribution in [0.1, 0.15) is 36.1 Å². The lowest BCUT2D eigenvalue weighted by molar-refractivity contribution is 0.0458. The third-order valence-corrected chi connectivity index (χ3v) is 1.84. The highest BCUT2D eigenvalue weighted by molar-refractivity contribution is 5.86. The maximum Gasteiger partial charge on any atom is 0.374 e. The fourth-order valence-electron chi connectivity index (χ4n) is 1.05. The van der Waals surface area contributed by atoms with E-state index in [1.807, 2.05) is 6.92 Å². The highest BCUT2D eigenvalue weighted by Crippen LogP contribution is 2.10. The molecule has 4 nitrogen and oxygen atoms in total. The molecule has 1 radical (unpaired) electrons. The van der Waals surface area contributed by atoms with Crippen molar-refractivity contribution in [3.63, 3.8) is 0 Å². The fourth-order valence-corrected chi connectivity index (χ4v) is 1.05. The summed E-state index contributed by atoms with van der Waals surface area (Å²) in [4.78, 5) is 11.4. The monoisotopic (exact) mass is 211 g/mol. The topological polar surface area (TPSA) is 48.7 Å². The van der Waals surface area contributed by atoms with Gasteiger partial charge >= 0.3 is 5.97 Å².